The quantitative estimate of drug-likeness (QED) is 0.415. The van der Waals surface area contributed by atoms with E-state index in [1.807, 2.05) is 0 Å². The molecule has 4 rings (SSSR count). The van der Waals surface area contributed by atoms with Crippen molar-refractivity contribution in [3.63, 3.8) is 0 Å². The van der Waals surface area contributed by atoms with Crippen molar-refractivity contribution >= 4 is 17.3 Å². The fraction of sp³-hybridized carbons (Fsp3) is 0. The molecule has 1 heterocycles. The number of benzene rings is 2. The van der Waals surface area contributed by atoms with E-state index in [1.54, 1.807) is 42.5 Å². The number of hydrogen-bond acceptors (Lipinski definition) is 5. The number of rotatable bonds is 2. The van der Waals surface area contributed by atoms with Crippen LogP contribution >= 0.6 is 0 Å². The number of ketones is 2. The van der Waals surface area contributed by atoms with Crippen molar-refractivity contribution in [1.82, 2.24) is 4.98 Å². The first-order chi connectivity index (χ1) is 12.1. The first-order valence-electron chi connectivity index (χ1n) is 7.50. The van der Waals surface area contributed by atoms with Crippen molar-refractivity contribution < 1.29 is 14.5 Å². The molecule has 0 atom stereocenters. The van der Waals surface area contributed by atoms with E-state index in [4.69, 9.17) is 0 Å². The largest absolute Gasteiger partial charge is 0.288 e. The third-order valence-electron chi connectivity index (χ3n) is 4.20. The molecule has 6 nitrogen and oxygen atoms in total. The highest BCUT2D eigenvalue weighted by Gasteiger charge is 2.32. The van der Waals surface area contributed by atoms with Crippen LogP contribution in [0.3, 0.4) is 0 Å². The predicted molar refractivity (Wildman–Crippen MR) is 89.6 cm³/mol. The van der Waals surface area contributed by atoms with Gasteiger partial charge in [0.1, 0.15) is 5.69 Å². The molecule has 0 amide bonds. The number of non-ortho nitro benzene ring substituents is 1. The lowest BCUT2D eigenvalue weighted by atomic mass is 9.83. The minimum atomic E-state index is -0.489. The zero-order chi connectivity index (χ0) is 17.6. The Bertz CT molecular complexity index is 1060. The summed E-state index contributed by atoms with van der Waals surface area (Å²) in [7, 11) is 0. The molecule has 0 N–H and O–H groups in total. The van der Waals surface area contributed by atoms with Crippen LogP contribution < -0.4 is 0 Å². The van der Waals surface area contributed by atoms with Gasteiger partial charge in [0, 0.05) is 29.5 Å². The zero-order valence-electron chi connectivity index (χ0n) is 12.8. The van der Waals surface area contributed by atoms with E-state index in [0.717, 1.165) is 0 Å². The summed E-state index contributed by atoms with van der Waals surface area (Å²) in [5, 5.41) is 10.8. The average molecular weight is 330 g/mol. The molecular weight excluding hydrogens is 320 g/mol. The Morgan fingerprint density at radius 3 is 2.08 bits per heavy atom. The van der Waals surface area contributed by atoms with Crippen molar-refractivity contribution in [2.24, 2.45) is 0 Å². The summed E-state index contributed by atoms with van der Waals surface area (Å²) in [5.41, 5.74) is 2.14. The van der Waals surface area contributed by atoms with E-state index >= 15 is 0 Å². The molecule has 0 aliphatic heterocycles. The Morgan fingerprint density at radius 1 is 0.800 bits per heavy atom. The van der Waals surface area contributed by atoms with Gasteiger partial charge in [0.2, 0.25) is 5.78 Å². The number of carbonyl (C=O) groups is 2. The van der Waals surface area contributed by atoms with Crippen molar-refractivity contribution in [2.45, 2.75) is 0 Å². The maximum atomic E-state index is 12.9. The highest BCUT2D eigenvalue weighted by Crippen LogP contribution is 2.33. The number of aromatic nitrogens is 1. The third-order valence-corrected chi connectivity index (χ3v) is 4.20. The van der Waals surface area contributed by atoms with Gasteiger partial charge in [-0.3, -0.25) is 24.7 Å². The van der Waals surface area contributed by atoms with Gasteiger partial charge in [-0.2, -0.15) is 0 Å². The second kappa shape index (κ2) is 5.45. The number of nitrogens with zero attached hydrogens (tertiary/aromatic N) is 2. The lowest BCUT2D eigenvalue weighted by Gasteiger charge is -2.19. The van der Waals surface area contributed by atoms with Gasteiger partial charge in [0.25, 0.3) is 5.69 Å². The summed E-state index contributed by atoms with van der Waals surface area (Å²) in [6.07, 6.45) is 1.47. The van der Waals surface area contributed by atoms with Crippen LogP contribution in [0.5, 0.6) is 0 Å². The molecule has 0 saturated carbocycles. The van der Waals surface area contributed by atoms with Gasteiger partial charge < -0.3 is 0 Å². The molecule has 1 aliphatic carbocycles. The van der Waals surface area contributed by atoms with Crippen molar-refractivity contribution in [1.29, 1.82) is 0 Å². The second-order valence-electron chi connectivity index (χ2n) is 5.59. The molecule has 2 aromatic carbocycles. The van der Waals surface area contributed by atoms with Gasteiger partial charge >= 0.3 is 0 Å². The standard InChI is InChI=1S/C19H10N2O4/c22-18-14-3-1-2-4-15(14)19(23)17-16(18)13(9-10-20-17)11-5-7-12(8-6-11)21(24)25/h1-10H. The Balaban J connectivity index is 1.92. The topological polar surface area (TPSA) is 90.2 Å². The van der Waals surface area contributed by atoms with Crippen LogP contribution in [0.1, 0.15) is 32.0 Å². The van der Waals surface area contributed by atoms with Gasteiger partial charge in [-0.05, 0) is 29.3 Å². The minimum absolute atomic E-state index is 0.0422. The molecule has 1 aliphatic rings. The van der Waals surface area contributed by atoms with Gasteiger partial charge in [-0.1, -0.05) is 24.3 Å². The van der Waals surface area contributed by atoms with Gasteiger partial charge in [-0.25, -0.2) is 0 Å². The summed E-state index contributed by atoms with van der Waals surface area (Å²) in [6.45, 7) is 0. The monoisotopic (exact) mass is 330 g/mol. The van der Waals surface area contributed by atoms with Crippen LogP contribution in [-0.2, 0) is 0 Å². The average Bonchev–Trinajstić information content (AvgIpc) is 2.65. The number of nitro benzene ring substituents is 1. The summed E-state index contributed by atoms with van der Waals surface area (Å²) in [5.74, 6) is -0.569. The van der Waals surface area contributed by atoms with Crippen LogP contribution in [0.25, 0.3) is 11.1 Å². The molecule has 25 heavy (non-hydrogen) atoms. The second-order valence-corrected chi connectivity index (χ2v) is 5.59. The lowest BCUT2D eigenvalue weighted by Crippen LogP contribution is -2.23. The van der Waals surface area contributed by atoms with Crippen LogP contribution in [0, 0.1) is 10.1 Å². The fourth-order valence-electron chi connectivity index (χ4n) is 3.01. The summed E-state index contributed by atoms with van der Waals surface area (Å²) < 4.78 is 0. The molecule has 0 saturated heterocycles. The number of pyridine rings is 1. The SMILES string of the molecule is O=C1c2ccccc2C(=O)c2c(-c3ccc([N+](=O)[O-])cc3)ccnc21. The lowest BCUT2D eigenvalue weighted by molar-refractivity contribution is -0.384. The van der Waals surface area contributed by atoms with Gasteiger partial charge in [-0.15, -0.1) is 0 Å². The summed E-state index contributed by atoms with van der Waals surface area (Å²) >= 11 is 0. The van der Waals surface area contributed by atoms with Crippen molar-refractivity contribution in [3.8, 4) is 11.1 Å². The fourth-order valence-corrected chi connectivity index (χ4v) is 3.01. The predicted octanol–water partition coefficient (Wildman–Crippen LogP) is 3.43. The normalized spacial score (nSPS) is 12.5. The van der Waals surface area contributed by atoms with E-state index in [0.29, 0.717) is 22.3 Å². The van der Waals surface area contributed by atoms with Crippen LogP contribution in [-0.4, -0.2) is 21.5 Å². The zero-order valence-corrected chi connectivity index (χ0v) is 12.8. The number of hydrogen-bond donors (Lipinski definition) is 0. The van der Waals surface area contributed by atoms with E-state index in [9.17, 15) is 19.7 Å². The Morgan fingerprint density at radius 2 is 1.44 bits per heavy atom. The molecule has 3 aromatic rings. The molecular formula is C19H10N2O4. The van der Waals surface area contributed by atoms with E-state index < -0.39 is 4.92 Å². The van der Waals surface area contributed by atoms with E-state index in [1.165, 1.54) is 18.3 Å². The summed E-state index contributed by atoms with van der Waals surface area (Å²) in [4.78, 5) is 40.0. The first-order valence-corrected chi connectivity index (χ1v) is 7.50. The minimum Gasteiger partial charge on any atom is -0.288 e. The Kier molecular flexibility index (Phi) is 3.25. The van der Waals surface area contributed by atoms with Crippen LogP contribution in [0.15, 0.2) is 60.8 Å². The van der Waals surface area contributed by atoms with E-state index in [-0.39, 0.29) is 28.5 Å². The number of carbonyl (C=O) groups excluding carboxylic acids is 2. The molecule has 6 heteroatoms. The molecule has 1 aromatic heterocycles. The van der Waals surface area contributed by atoms with Gasteiger partial charge in [0.05, 0.1) is 10.5 Å². The molecule has 0 radical (unpaired) electrons. The van der Waals surface area contributed by atoms with Crippen LogP contribution in [0.4, 0.5) is 5.69 Å². The smallest absolute Gasteiger partial charge is 0.269 e. The maximum Gasteiger partial charge on any atom is 0.269 e. The molecule has 120 valence electrons. The molecule has 0 bridgehead atoms. The number of fused-ring (bicyclic) bond motifs is 2. The summed E-state index contributed by atoms with van der Waals surface area (Å²) in [6, 6.07) is 14.1. The third kappa shape index (κ3) is 2.23. The van der Waals surface area contributed by atoms with Crippen molar-refractivity contribution in [3.05, 3.63) is 93.3 Å². The highest BCUT2D eigenvalue weighted by molar-refractivity contribution is 6.29. The highest BCUT2D eigenvalue weighted by atomic mass is 16.6. The van der Waals surface area contributed by atoms with Crippen LogP contribution in [0.2, 0.25) is 0 Å². The maximum absolute atomic E-state index is 12.9. The Labute approximate surface area is 141 Å². The number of nitro groups is 1. The Hall–Kier alpha value is -3.67. The van der Waals surface area contributed by atoms with E-state index in [2.05, 4.69) is 4.98 Å². The van der Waals surface area contributed by atoms with Crippen molar-refractivity contribution in [2.75, 3.05) is 0 Å². The molecule has 0 spiro atoms. The van der Waals surface area contributed by atoms with Gasteiger partial charge in [0.15, 0.2) is 5.78 Å². The molecule has 0 unspecified atom stereocenters. The first kappa shape index (κ1) is 14.9. The molecule has 0 fully saturated rings.